The van der Waals surface area contributed by atoms with Crippen molar-refractivity contribution in [1.29, 1.82) is 0 Å². The van der Waals surface area contributed by atoms with Crippen LogP contribution in [0.5, 0.6) is 0 Å². The molecule has 1 aliphatic carbocycles. The molecule has 1 saturated carbocycles. The highest BCUT2D eigenvalue weighted by atomic mass is 16.2. The Morgan fingerprint density at radius 1 is 1.08 bits per heavy atom. The second-order valence-electron chi connectivity index (χ2n) is 7.23. The molecule has 3 amide bonds. The van der Waals surface area contributed by atoms with Crippen LogP contribution in [0.2, 0.25) is 0 Å². The molecule has 0 radical (unpaired) electrons. The van der Waals surface area contributed by atoms with Gasteiger partial charge in [0.2, 0.25) is 5.95 Å². The van der Waals surface area contributed by atoms with Crippen LogP contribution < -0.4 is 10.2 Å². The van der Waals surface area contributed by atoms with Crippen molar-refractivity contribution in [1.82, 2.24) is 30.3 Å². The molecule has 0 atom stereocenters. The van der Waals surface area contributed by atoms with Crippen molar-refractivity contribution in [2.24, 2.45) is 0 Å². The lowest BCUT2D eigenvalue weighted by atomic mass is 9.98. The number of carbonyl (C=O) groups excluding carboxylic acids is 2. The van der Waals surface area contributed by atoms with Gasteiger partial charge in [-0.15, -0.1) is 5.10 Å². The summed E-state index contributed by atoms with van der Waals surface area (Å²) in [7, 11) is 0. The van der Waals surface area contributed by atoms with Gasteiger partial charge in [-0.25, -0.2) is 4.79 Å². The number of hydrogen-bond donors (Lipinski definition) is 2. The molecule has 4 rings (SSSR count). The Balaban J connectivity index is 1.28. The number of urea groups is 1. The fraction of sp³-hybridized carbons (Fsp3) is 0.750. The highest BCUT2D eigenvalue weighted by Crippen LogP contribution is 2.34. The van der Waals surface area contributed by atoms with E-state index in [2.05, 4.69) is 30.3 Å². The van der Waals surface area contributed by atoms with Crippen LogP contribution in [-0.4, -0.2) is 81.7 Å². The molecule has 1 spiro atoms. The lowest BCUT2D eigenvalue weighted by Gasteiger charge is -2.34. The van der Waals surface area contributed by atoms with Gasteiger partial charge in [0, 0.05) is 39.3 Å². The number of H-pyrrole nitrogens is 1. The summed E-state index contributed by atoms with van der Waals surface area (Å²) < 4.78 is 0. The van der Waals surface area contributed by atoms with E-state index in [1.807, 2.05) is 6.92 Å². The van der Waals surface area contributed by atoms with Crippen LogP contribution in [0.1, 0.15) is 31.5 Å². The Labute approximate surface area is 146 Å². The van der Waals surface area contributed by atoms with Crippen molar-refractivity contribution in [3.8, 4) is 0 Å². The molecular weight excluding hydrogens is 322 g/mol. The van der Waals surface area contributed by atoms with Crippen LogP contribution in [0.15, 0.2) is 0 Å². The molecular formula is C16H25N7O2. The van der Waals surface area contributed by atoms with Gasteiger partial charge in [-0.1, -0.05) is 12.8 Å². The topological polar surface area (TPSA) is 97.5 Å². The second kappa shape index (κ2) is 6.29. The van der Waals surface area contributed by atoms with Gasteiger partial charge >= 0.3 is 6.03 Å². The minimum atomic E-state index is -0.598. The molecule has 2 N–H and O–H groups in total. The molecule has 9 nitrogen and oxygen atoms in total. The van der Waals surface area contributed by atoms with E-state index in [0.29, 0.717) is 6.54 Å². The Kier molecular flexibility index (Phi) is 4.10. The number of rotatable bonds is 4. The van der Waals surface area contributed by atoms with Gasteiger partial charge in [0.05, 0.1) is 0 Å². The number of imide groups is 1. The first-order valence-electron chi connectivity index (χ1n) is 9.08. The zero-order valence-corrected chi connectivity index (χ0v) is 14.6. The van der Waals surface area contributed by atoms with E-state index < -0.39 is 5.54 Å². The predicted octanol–water partition coefficient (Wildman–Crippen LogP) is 0.0997. The van der Waals surface area contributed by atoms with Crippen LogP contribution in [-0.2, 0) is 4.79 Å². The summed E-state index contributed by atoms with van der Waals surface area (Å²) in [6.07, 6.45) is 3.59. The summed E-state index contributed by atoms with van der Waals surface area (Å²) in [6.45, 7) is 6.53. The van der Waals surface area contributed by atoms with E-state index >= 15 is 0 Å². The van der Waals surface area contributed by atoms with Crippen molar-refractivity contribution in [3.63, 3.8) is 0 Å². The Morgan fingerprint density at radius 3 is 2.44 bits per heavy atom. The summed E-state index contributed by atoms with van der Waals surface area (Å²) in [5.74, 6) is 1.54. The minimum Gasteiger partial charge on any atom is -0.337 e. The standard InChI is InChI=1S/C16H25N7O2/c1-12-17-14(20-19-12)22-9-6-21(7-10-22)8-11-23-13(24)16(18-15(23)25)4-2-3-5-16/h2-11H2,1H3,(H,18,25)(H,17,19,20). The number of nitrogens with one attached hydrogen (secondary N) is 2. The van der Waals surface area contributed by atoms with Crippen molar-refractivity contribution in [2.75, 3.05) is 44.2 Å². The first-order chi connectivity index (χ1) is 12.1. The monoisotopic (exact) mass is 347 g/mol. The van der Waals surface area contributed by atoms with E-state index in [1.165, 1.54) is 4.90 Å². The van der Waals surface area contributed by atoms with Gasteiger partial charge in [-0.2, -0.15) is 4.98 Å². The molecule has 3 heterocycles. The number of aromatic amines is 1. The molecule has 0 unspecified atom stereocenters. The summed E-state index contributed by atoms with van der Waals surface area (Å²) >= 11 is 0. The van der Waals surface area contributed by atoms with Gasteiger partial charge in [0.1, 0.15) is 11.4 Å². The maximum atomic E-state index is 12.6. The molecule has 9 heteroatoms. The van der Waals surface area contributed by atoms with E-state index in [-0.39, 0.29) is 11.9 Å². The number of carbonyl (C=O) groups is 2. The van der Waals surface area contributed by atoms with Crippen molar-refractivity contribution in [3.05, 3.63) is 5.82 Å². The van der Waals surface area contributed by atoms with Gasteiger partial charge in [-0.05, 0) is 19.8 Å². The Morgan fingerprint density at radius 2 is 1.80 bits per heavy atom. The van der Waals surface area contributed by atoms with Crippen molar-refractivity contribution in [2.45, 2.75) is 38.1 Å². The van der Waals surface area contributed by atoms with Crippen LogP contribution in [0.4, 0.5) is 10.7 Å². The van der Waals surface area contributed by atoms with Crippen LogP contribution in [0.3, 0.4) is 0 Å². The average molecular weight is 347 g/mol. The largest absolute Gasteiger partial charge is 0.337 e. The lowest BCUT2D eigenvalue weighted by molar-refractivity contribution is -0.131. The van der Waals surface area contributed by atoms with E-state index in [4.69, 9.17) is 0 Å². The zero-order valence-electron chi connectivity index (χ0n) is 14.6. The molecule has 0 bridgehead atoms. The Bertz CT molecular complexity index is 659. The molecule has 3 aliphatic rings. The smallest absolute Gasteiger partial charge is 0.325 e. The normalized spacial score (nSPS) is 23.7. The fourth-order valence-corrected chi connectivity index (χ4v) is 4.08. The molecule has 25 heavy (non-hydrogen) atoms. The molecule has 136 valence electrons. The third-order valence-corrected chi connectivity index (χ3v) is 5.58. The number of hydrogen-bond acceptors (Lipinski definition) is 6. The zero-order chi connectivity index (χ0) is 17.4. The van der Waals surface area contributed by atoms with E-state index in [1.54, 1.807) is 0 Å². The maximum absolute atomic E-state index is 12.6. The summed E-state index contributed by atoms with van der Waals surface area (Å²) in [4.78, 5) is 35.1. The van der Waals surface area contributed by atoms with Crippen LogP contribution in [0.25, 0.3) is 0 Å². The Hall–Kier alpha value is -2.16. The maximum Gasteiger partial charge on any atom is 0.325 e. The third kappa shape index (κ3) is 2.97. The number of aromatic nitrogens is 3. The summed E-state index contributed by atoms with van der Waals surface area (Å²) in [5.41, 5.74) is -0.598. The number of amides is 3. The van der Waals surface area contributed by atoms with Crippen molar-refractivity contribution >= 4 is 17.9 Å². The number of piperazine rings is 1. The summed E-state index contributed by atoms with van der Waals surface area (Å²) in [6, 6.07) is -0.221. The number of nitrogens with zero attached hydrogens (tertiary/aromatic N) is 5. The van der Waals surface area contributed by atoms with Crippen LogP contribution >= 0.6 is 0 Å². The number of anilines is 1. The first kappa shape index (κ1) is 16.3. The minimum absolute atomic E-state index is 0.0233. The van der Waals surface area contributed by atoms with Gasteiger partial charge < -0.3 is 10.2 Å². The molecule has 1 aromatic rings. The lowest BCUT2D eigenvalue weighted by Crippen LogP contribution is -2.49. The fourth-order valence-electron chi connectivity index (χ4n) is 4.08. The second-order valence-corrected chi connectivity index (χ2v) is 7.23. The highest BCUT2D eigenvalue weighted by Gasteiger charge is 2.52. The van der Waals surface area contributed by atoms with Gasteiger partial charge in [-0.3, -0.25) is 19.7 Å². The molecule has 1 aromatic heterocycles. The number of aryl methyl sites for hydroxylation is 1. The van der Waals surface area contributed by atoms with Gasteiger partial charge in [0.15, 0.2) is 0 Å². The van der Waals surface area contributed by atoms with E-state index in [0.717, 1.165) is 70.2 Å². The SMILES string of the molecule is Cc1nc(N2CCN(CCN3C(=O)NC4(CCCC4)C3=O)CC2)n[nH]1. The summed E-state index contributed by atoms with van der Waals surface area (Å²) in [5, 5.41) is 10.0. The average Bonchev–Trinajstić information content (AvgIpc) is 3.30. The molecule has 2 aliphatic heterocycles. The highest BCUT2D eigenvalue weighted by molar-refractivity contribution is 6.07. The first-order valence-corrected chi connectivity index (χ1v) is 9.08. The third-order valence-electron chi connectivity index (χ3n) is 5.58. The molecule has 2 saturated heterocycles. The predicted molar refractivity (Wildman–Crippen MR) is 91.2 cm³/mol. The van der Waals surface area contributed by atoms with Crippen molar-refractivity contribution < 1.29 is 9.59 Å². The molecule has 3 fully saturated rings. The van der Waals surface area contributed by atoms with Gasteiger partial charge in [0.25, 0.3) is 5.91 Å². The molecule has 0 aromatic carbocycles. The quantitative estimate of drug-likeness (QED) is 0.750. The van der Waals surface area contributed by atoms with Crippen LogP contribution in [0, 0.1) is 6.92 Å². The van der Waals surface area contributed by atoms with E-state index in [9.17, 15) is 9.59 Å².